The molecule has 3 aromatic rings. The summed E-state index contributed by atoms with van der Waals surface area (Å²) in [4.78, 5) is 8.45. The van der Waals surface area contributed by atoms with Crippen molar-refractivity contribution in [1.29, 1.82) is 0 Å². The van der Waals surface area contributed by atoms with Crippen molar-refractivity contribution in [2.75, 3.05) is 33.4 Å². The molecule has 1 aliphatic heterocycles. The summed E-state index contributed by atoms with van der Waals surface area (Å²) in [7, 11) is 2.02. The SMILES string of the molecule is CCc1sc(-c2cn(CC3CCOCC3)c3c(Cl)cccc23)nc1CN(C)CCO.Cl. The maximum atomic E-state index is 9.22. The molecule has 1 aliphatic rings. The number of para-hydroxylation sites is 1. The summed E-state index contributed by atoms with van der Waals surface area (Å²) >= 11 is 8.43. The molecule has 0 unspecified atom stereocenters. The Labute approximate surface area is 199 Å². The fourth-order valence-electron chi connectivity index (χ4n) is 4.24. The zero-order valence-electron chi connectivity index (χ0n) is 18.1. The van der Waals surface area contributed by atoms with E-state index in [9.17, 15) is 5.11 Å². The fourth-order valence-corrected chi connectivity index (χ4v) is 5.56. The lowest BCUT2D eigenvalue weighted by molar-refractivity contribution is 0.0616. The van der Waals surface area contributed by atoms with Crippen molar-refractivity contribution in [2.24, 2.45) is 5.92 Å². The van der Waals surface area contributed by atoms with Crippen molar-refractivity contribution in [3.8, 4) is 10.6 Å². The van der Waals surface area contributed by atoms with Crippen LogP contribution in [0, 0.1) is 5.92 Å². The van der Waals surface area contributed by atoms with Crippen LogP contribution >= 0.6 is 35.3 Å². The summed E-state index contributed by atoms with van der Waals surface area (Å²) in [6, 6.07) is 6.15. The van der Waals surface area contributed by atoms with Crippen LogP contribution in [0.1, 0.15) is 30.3 Å². The first-order chi connectivity index (χ1) is 14.6. The molecule has 8 heteroatoms. The molecule has 4 rings (SSSR count). The Morgan fingerprint density at radius 2 is 2.10 bits per heavy atom. The normalized spacial score (nSPS) is 15.0. The average molecular weight is 484 g/mol. The number of likely N-dealkylation sites (N-methyl/N-ethyl adjacent to an activating group) is 1. The minimum Gasteiger partial charge on any atom is -0.395 e. The smallest absolute Gasteiger partial charge is 0.126 e. The van der Waals surface area contributed by atoms with Gasteiger partial charge in [0.15, 0.2) is 0 Å². The van der Waals surface area contributed by atoms with Crippen LogP contribution in [0.5, 0.6) is 0 Å². The number of aliphatic hydroxyl groups excluding tert-OH is 1. The fraction of sp³-hybridized carbons (Fsp3) is 0.522. The van der Waals surface area contributed by atoms with Crippen molar-refractivity contribution >= 4 is 46.2 Å². The Hall–Kier alpha value is -1.15. The molecule has 3 heterocycles. The highest BCUT2D eigenvalue weighted by molar-refractivity contribution is 7.15. The van der Waals surface area contributed by atoms with Gasteiger partial charge in [0.2, 0.25) is 0 Å². The van der Waals surface area contributed by atoms with E-state index in [0.29, 0.717) is 12.5 Å². The van der Waals surface area contributed by atoms with Gasteiger partial charge in [0.1, 0.15) is 5.01 Å². The van der Waals surface area contributed by atoms with Gasteiger partial charge in [0.05, 0.1) is 22.8 Å². The lowest BCUT2D eigenvalue weighted by Crippen LogP contribution is -2.22. The summed E-state index contributed by atoms with van der Waals surface area (Å²) < 4.78 is 7.86. The molecule has 0 saturated carbocycles. The van der Waals surface area contributed by atoms with Gasteiger partial charge in [0, 0.05) is 54.9 Å². The first-order valence-electron chi connectivity index (χ1n) is 10.7. The molecule has 0 spiro atoms. The molecule has 170 valence electrons. The first-order valence-corrected chi connectivity index (χ1v) is 11.9. The lowest BCUT2D eigenvalue weighted by Gasteiger charge is -2.23. The van der Waals surface area contributed by atoms with E-state index in [-0.39, 0.29) is 19.0 Å². The molecule has 0 aliphatic carbocycles. The van der Waals surface area contributed by atoms with E-state index >= 15 is 0 Å². The van der Waals surface area contributed by atoms with Gasteiger partial charge >= 0.3 is 0 Å². The average Bonchev–Trinajstić information content (AvgIpc) is 3.31. The zero-order valence-corrected chi connectivity index (χ0v) is 20.5. The predicted octanol–water partition coefficient (Wildman–Crippen LogP) is 5.25. The first kappa shape index (κ1) is 24.5. The number of aryl methyl sites for hydroxylation is 1. The Bertz CT molecular complexity index is 998. The largest absolute Gasteiger partial charge is 0.395 e. The van der Waals surface area contributed by atoms with Gasteiger partial charge in [-0.3, -0.25) is 4.90 Å². The van der Waals surface area contributed by atoms with Crippen LogP contribution < -0.4 is 0 Å². The van der Waals surface area contributed by atoms with E-state index in [4.69, 9.17) is 21.3 Å². The molecule has 0 amide bonds. The number of aliphatic hydroxyl groups is 1. The van der Waals surface area contributed by atoms with Gasteiger partial charge in [-0.15, -0.1) is 23.7 Å². The summed E-state index contributed by atoms with van der Waals surface area (Å²) in [5, 5.41) is 12.2. The summed E-state index contributed by atoms with van der Waals surface area (Å²) in [6.45, 7) is 6.40. The Balaban J connectivity index is 0.00000272. The zero-order chi connectivity index (χ0) is 21.1. The van der Waals surface area contributed by atoms with Crippen LogP contribution in [0.15, 0.2) is 24.4 Å². The number of ether oxygens (including phenoxy) is 1. The van der Waals surface area contributed by atoms with E-state index in [2.05, 4.69) is 28.7 Å². The molecule has 1 aromatic carbocycles. The second-order valence-electron chi connectivity index (χ2n) is 8.09. The second-order valence-corrected chi connectivity index (χ2v) is 9.58. The van der Waals surface area contributed by atoms with E-state index in [0.717, 1.165) is 72.4 Å². The topological polar surface area (TPSA) is 50.5 Å². The van der Waals surface area contributed by atoms with Gasteiger partial charge in [0.25, 0.3) is 0 Å². The number of hydrogen-bond acceptors (Lipinski definition) is 5. The Kier molecular flexibility index (Phi) is 8.79. The summed E-state index contributed by atoms with van der Waals surface area (Å²) in [6.07, 6.45) is 5.39. The van der Waals surface area contributed by atoms with Crippen LogP contribution in [0.25, 0.3) is 21.5 Å². The molecule has 0 atom stereocenters. The highest BCUT2D eigenvalue weighted by Crippen LogP contribution is 2.38. The van der Waals surface area contributed by atoms with Gasteiger partial charge < -0.3 is 14.4 Å². The van der Waals surface area contributed by atoms with Crippen molar-refractivity contribution in [3.05, 3.63) is 40.0 Å². The van der Waals surface area contributed by atoms with E-state index in [1.165, 1.54) is 10.3 Å². The number of halogens is 2. The Morgan fingerprint density at radius 3 is 2.81 bits per heavy atom. The minimum absolute atomic E-state index is 0. The quantitative estimate of drug-likeness (QED) is 0.474. The molecular weight excluding hydrogens is 453 g/mol. The summed E-state index contributed by atoms with van der Waals surface area (Å²) in [5.74, 6) is 0.615. The van der Waals surface area contributed by atoms with Gasteiger partial charge in [-0.2, -0.15) is 0 Å². The van der Waals surface area contributed by atoms with Crippen LogP contribution in [0.3, 0.4) is 0 Å². The van der Waals surface area contributed by atoms with Crippen LogP contribution in [0.4, 0.5) is 0 Å². The molecule has 0 bridgehead atoms. The van der Waals surface area contributed by atoms with Gasteiger partial charge in [-0.1, -0.05) is 30.7 Å². The van der Waals surface area contributed by atoms with Crippen molar-refractivity contribution < 1.29 is 9.84 Å². The number of benzene rings is 1. The third kappa shape index (κ3) is 5.44. The molecule has 0 radical (unpaired) electrons. The number of nitrogens with zero attached hydrogens (tertiary/aromatic N) is 3. The number of thiazole rings is 1. The maximum absolute atomic E-state index is 9.22. The van der Waals surface area contributed by atoms with Gasteiger partial charge in [-0.25, -0.2) is 4.98 Å². The molecular formula is C23H31Cl2N3O2S. The van der Waals surface area contributed by atoms with Crippen molar-refractivity contribution in [2.45, 2.75) is 39.3 Å². The second kappa shape index (κ2) is 11.1. The Morgan fingerprint density at radius 1 is 1.32 bits per heavy atom. The van der Waals surface area contributed by atoms with Crippen LogP contribution in [-0.4, -0.2) is 53.0 Å². The van der Waals surface area contributed by atoms with Crippen LogP contribution in [-0.2, 0) is 24.2 Å². The highest BCUT2D eigenvalue weighted by Gasteiger charge is 2.21. The van der Waals surface area contributed by atoms with E-state index in [1.807, 2.05) is 19.2 Å². The van der Waals surface area contributed by atoms with E-state index < -0.39 is 0 Å². The third-order valence-electron chi connectivity index (χ3n) is 5.88. The van der Waals surface area contributed by atoms with Crippen molar-refractivity contribution in [1.82, 2.24) is 14.5 Å². The monoisotopic (exact) mass is 483 g/mol. The number of fused-ring (bicyclic) bond motifs is 1. The molecule has 1 saturated heterocycles. The number of rotatable bonds is 8. The lowest BCUT2D eigenvalue weighted by atomic mass is 10.0. The predicted molar refractivity (Wildman–Crippen MR) is 132 cm³/mol. The van der Waals surface area contributed by atoms with E-state index in [1.54, 1.807) is 11.3 Å². The van der Waals surface area contributed by atoms with Crippen molar-refractivity contribution in [3.63, 3.8) is 0 Å². The third-order valence-corrected chi connectivity index (χ3v) is 7.46. The number of hydrogen-bond donors (Lipinski definition) is 1. The minimum atomic E-state index is 0. The molecule has 31 heavy (non-hydrogen) atoms. The number of aromatic nitrogens is 2. The molecule has 1 fully saturated rings. The standard InChI is InChI=1S/C23H30ClN3O2S.ClH/c1-3-21-20(15-26(2)9-10-28)25-23(30-21)18-14-27(13-16-7-11-29-12-8-16)22-17(18)5-4-6-19(22)24;/h4-6,14,16,28H,3,7-13,15H2,1-2H3;1H. The highest BCUT2D eigenvalue weighted by atomic mass is 35.5. The molecule has 1 N–H and O–H groups in total. The maximum Gasteiger partial charge on any atom is 0.126 e. The molecule has 5 nitrogen and oxygen atoms in total. The van der Waals surface area contributed by atoms with Gasteiger partial charge in [-0.05, 0) is 38.3 Å². The molecule has 2 aromatic heterocycles. The van der Waals surface area contributed by atoms with Crippen LogP contribution in [0.2, 0.25) is 5.02 Å². The summed E-state index contributed by atoms with van der Waals surface area (Å²) in [5.41, 5.74) is 3.38.